The number of carbonyl (C=O) groups is 2. The van der Waals surface area contributed by atoms with Gasteiger partial charge >= 0.3 is 0 Å². The van der Waals surface area contributed by atoms with Crippen LogP contribution in [0.2, 0.25) is 0 Å². The fraction of sp³-hybridized carbons (Fsp3) is 0.348. The smallest absolute Gasteiger partial charge is 0.270 e. The highest BCUT2D eigenvalue weighted by molar-refractivity contribution is 6.40. The molecule has 7 heteroatoms. The summed E-state index contributed by atoms with van der Waals surface area (Å²) in [6.45, 7) is 6.52. The van der Waals surface area contributed by atoms with Gasteiger partial charge in [0.2, 0.25) is 5.91 Å². The number of aryl methyl sites for hydroxylation is 2. The summed E-state index contributed by atoms with van der Waals surface area (Å²) in [6, 6.07) is 13.0. The molecule has 0 aliphatic carbocycles. The molecule has 2 aliphatic rings. The van der Waals surface area contributed by atoms with E-state index in [1.165, 1.54) is 5.01 Å². The van der Waals surface area contributed by atoms with E-state index in [9.17, 15) is 14.7 Å². The van der Waals surface area contributed by atoms with Gasteiger partial charge in [-0.25, -0.2) is 5.01 Å². The van der Waals surface area contributed by atoms with Crippen LogP contribution in [0.3, 0.4) is 0 Å². The van der Waals surface area contributed by atoms with Crippen molar-refractivity contribution in [1.82, 2.24) is 4.90 Å². The number of phenolic OH excluding ortho intramolecular Hbond substituents is 1. The summed E-state index contributed by atoms with van der Waals surface area (Å²) in [5.74, 6) is 0.0615. The van der Waals surface area contributed by atoms with E-state index in [1.54, 1.807) is 12.1 Å². The van der Waals surface area contributed by atoms with Crippen LogP contribution in [0.15, 0.2) is 47.6 Å². The summed E-state index contributed by atoms with van der Waals surface area (Å²) >= 11 is 0. The number of amides is 2. The van der Waals surface area contributed by atoms with Gasteiger partial charge in [-0.3, -0.25) is 9.59 Å². The van der Waals surface area contributed by atoms with Crippen molar-refractivity contribution in [3.05, 3.63) is 53.6 Å². The van der Waals surface area contributed by atoms with Crippen molar-refractivity contribution in [2.45, 2.75) is 26.7 Å². The van der Waals surface area contributed by atoms with Crippen LogP contribution in [-0.2, 0) is 9.59 Å². The van der Waals surface area contributed by atoms with E-state index in [0.29, 0.717) is 38.3 Å². The second kappa shape index (κ2) is 8.18. The van der Waals surface area contributed by atoms with E-state index < -0.39 is 0 Å². The van der Waals surface area contributed by atoms with Crippen LogP contribution in [0.1, 0.15) is 24.0 Å². The van der Waals surface area contributed by atoms with Crippen LogP contribution in [-0.4, -0.2) is 53.7 Å². The first kappa shape index (κ1) is 19.9. The van der Waals surface area contributed by atoms with Gasteiger partial charge in [-0.2, -0.15) is 5.10 Å². The predicted octanol–water partition coefficient (Wildman–Crippen LogP) is 2.84. The zero-order chi connectivity index (χ0) is 21.3. The molecule has 4 rings (SSSR count). The summed E-state index contributed by atoms with van der Waals surface area (Å²) in [5.41, 5.74) is 4.20. The van der Waals surface area contributed by atoms with Gasteiger partial charge < -0.3 is 14.9 Å². The molecular formula is C23H26N4O3. The number of hydrogen-bond donors (Lipinski definition) is 1. The largest absolute Gasteiger partial charge is 0.508 e. The Morgan fingerprint density at radius 2 is 1.67 bits per heavy atom. The Hall–Kier alpha value is -3.35. The van der Waals surface area contributed by atoms with Gasteiger partial charge in [-0.15, -0.1) is 0 Å². The molecule has 0 radical (unpaired) electrons. The van der Waals surface area contributed by atoms with E-state index >= 15 is 0 Å². The van der Waals surface area contributed by atoms with Gasteiger partial charge in [0.05, 0.1) is 5.69 Å². The van der Waals surface area contributed by atoms with Crippen LogP contribution < -0.4 is 9.91 Å². The summed E-state index contributed by atoms with van der Waals surface area (Å²) in [5, 5.41) is 15.3. The van der Waals surface area contributed by atoms with Gasteiger partial charge in [0.1, 0.15) is 11.5 Å². The Balaban J connectivity index is 1.47. The van der Waals surface area contributed by atoms with E-state index in [2.05, 4.69) is 10.0 Å². The van der Waals surface area contributed by atoms with Crippen LogP contribution >= 0.6 is 0 Å². The van der Waals surface area contributed by atoms with Gasteiger partial charge in [0, 0.05) is 44.7 Å². The number of rotatable bonds is 3. The molecule has 2 heterocycles. The first-order chi connectivity index (χ1) is 14.4. The molecule has 0 saturated carbocycles. The van der Waals surface area contributed by atoms with Crippen LogP contribution in [0.25, 0.3) is 0 Å². The van der Waals surface area contributed by atoms with E-state index in [1.807, 2.05) is 49.1 Å². The molecule has 0 atom stereocenters. The van der Waals surface area contributed by atoms with E-state index in [-0.39, 0.29) is 24.0 Å². The van der Waals surface area contributed by atoms with Crippen molar-refractivity contribution < 1.29 is 14.7 Å². The standard InChI is InChI=1S/C23H26N4O3/c1-16-3-4-17(2)21(15-16)27-22(29)10-9-20(24-27)23(30)26-13-11-25(12-14-26)18-5-7-19(28)8-6-18/h3-8,15,28H,9-14H2,1-2H3. The summed E-state index contributed by atoms with van der Waals surface area (Å²) in [6.07, 6.45) is 0.655. The van der Waals surface area contributed by atoms with Gasteiger partial charge in [-0.05, 0) is 55.3 Å². The SMILES string of the molecule is Cc1ccc(C)c(N2N=C(C(=O)N3CCN(c4ccc(O)cc4)CC3)CCC2=O)c1. The molecule has 7 nitrogen and oxygen atoms in total. The average molecular weight is 406 g/mol. The summed E-state index contributed by atoms with van der Waals surface area (Å²) in [4.78, 5) is 29.6. The molecule has 0 unspecified atom stereocenters. The zero-order valence-electron chi connectivity index (χ0n) is 17.3. The van der Waals surface area contributed by atoms with Gasteiger partial charge in [0.25, 0.3) is 5.91 Å². The number of hydrogen-bond acceptors (Lipinski definition) is 5. The van der Waals surface area contributed by atoms with Crippen molar-refractivity contribution in [3.63, 3.8) is 0 Å². The average Bonchev–Trinajstić information content (AvgIpc) is 2.76. The third kappa shape index (κ3) is 4.01. The fourth-order valence-electron chi connectivity index (χ4n) is 3.86. The highest BCUT2D eigenvalue weighted by Gasteiger charge is 2.30. The van der Waals surface area contributed by atoms with Gasteiger partial charge in [-0.1, -0.05) is 12.1 Å². The number of hydrazone groups is 1. The number of carbonyl (C=O) groups excluding carboxylic acids is 2. The minimum Gasteiger partial charge on any atom is -0.508 e. The van der Waals surface area contributed by atoms with Crippen molar-refractivity contribution in [1.29, 1.82) is 0 Å². The molecule has 0 bridgehead atoms. The zero-order valence-corrected chi connectivity index (χ0v) is 17.3. The quantitative estimate of drug-likeness (QED) is 0.850. The minimum atomic E-state index is -0.0943. The third-order valence-corrected chi connectivity index (χ3v) is 5.65. The van der Waals surface area contributed by atoms with Crippen LogP contribution in [0.5, 0.6) is 5.75 Å². The molecule has 2 aromatic carbocycles. The summed E-state index contributed by atoms with van der Waals surface area (Å²) in [7, 11) is 0. The lowest BCUT2D eigenvalue weighted by Gasteiger charge is -2.36. The monoisotopic (exact) mass is 406 g/mol. The first-order valence-electron chi connectivity index (χ1n) is 10.2. The molecule has 1 N–H and O–H groups in total. The molecule has 1 fully saturated rings. The highest BCUT2D eigenvalue weighted by atomic mass is 16.3. The van der Waals surface area contributed by atoms with Crippen LogP contribution in [0, 0.1) is 13.8 Å². The van der Waals surface area contributed by atoms with Crippen molar-refractivity contribution in [3.8, 4) is 5.75 Å². The number of benzene rings is 2. The topological polar surface area (TPSA) is 76.5 Å². The molecule has 30 heavy (non-hydrogen) atoms. The molecule has 156 valence electrons. The molecular weight excluding hydrogens is 380 g/mol. The normalized spacial score (nSPS) is 17.2. The molecule has 2 aromatic rings. The lowest BCUT2D eigenvalue weighted by molar-refractivity contribution is -0.124. The Morgan fingerprint density at radius 3 is 2.37 bits per heavy atom. The molecule has 1 saturated heterocycles. The molecule has 2 aliphatic heterocycles. The number of anilines is 2. The Labute approximate surface area is 176 Å². The number of piperazine rings is 1. The van der Waals surface area contributed by atoms with E-state index in [4.69, 9.17) is 0 Å². The van der Waals surface area contributed by atoms with Crippen molar-refractivity contribution in [2.24, 2.45) is 5.10 Å². The predicted molar refractivity (Wildman–Crippen MR) is 117 cm³/mol. The number of aromatic hydroxyl groups is 1. The lowest BCUT2D eigenvalue weighted by Crippen LogP contribution is -2.51. The first-order valence-corrected chi connectivity index (χ1v) is 10.2. The molecule has 0 aromatic heterocycles. The molecule has 0 spiro atoms. The van der Waals surface area contributed by atoms with Crippen LogP contribution in [0.4, 0.5) is 11.4 Å². The Kier molecular flexibility index (Phi) is 5.44. The fourth-order valence-corrected chi connectivity index (χ4v) is 3.86. The van der Waals surface area contributed by atoms with Gasteiger partial charge in [0.15, 0.2) is 0 Å². The van der Waals surface area contributed by atoms with E-state index in [0.717, 1.165) is 22.5 Å². The second-order valence-electron chi connectivity index (χ2n) is 7.84. The minimum absolute atomic E-state index is 0.0857. The molecule has 2 amide bonds. The lowest BCUT2D eigenvalue weighted by atomic mass is 10.1. The Morgan fingerprint density at radius 1 is 0.967 bits per heavy atom. The maximum Gasteiger partial charge on any atom is 0.270 e. The maximum atomic E-state index is 13.1. The second-order valence-corrected chi connectivity index (χ2v) is 7.84. The highest BCUT2D eigenvalue weighted by Crippen LogP contribution is 2.26. The Bertz CT molecular complexity index is 992. The third-order valence-electron chi connectivity index (χ3n) is 5.65. The number of phenols is 1. The number of nitrogens with zero attached hydrogens (tertiary/aromatic N) is 4. The van der Waals surface area contributed by atoms with Crippen molar-refractivity contribution in [2.75, 3.05) is 36.1 Å². The summed E-state index contributed by atoms with van der Waals surface area (Å²) < 4.78 is 0. The van der Waals surface area contributed by atoms with Crippen molar-refractivity contribution >= 4 is 28.9 Å². The maximum absolute atomic E-state index is 13.1.